The van der Waals surface area contributed by atoms with Crippen LogP contribution in [0.4, 0.5) is 9.18 Å². The number of amides is 1. The topological polar surface area (TPSA) is 55.4 Å². The summed E-state index contributed by atoms with van der Waals surface area (Å²) >= 11 is 0. The second-order valence-electron chi connectivity index (χ2n) is 5.52. The van der Waals surface area contributed by atoms with Crippen LogP contribution >= 0.6 is 0 Å². The minimum atomic E-state index is -0.534. The summed E-state index contributed by atoms with van der Waals surface area (Å²) in [7, 11) is 0. The van der Waals surface area contributed by atoms with Gasteiger partial charge in [-0.2, -0.15) is 0 Å². The zero-order valence-corrected chi connectivity index (χ0v) is 12.5. The van der Waals surface area contributed by atoms with Crippen molar-refractivity contribution in [1.82, 2.24) is 5.32 Å². The van der Waals surface area contributed by atoms with E-state index in [-0.39, 0.29) is 5.56 Å². The highest BCUT2D eigenvalue weighted by molar-refractivity contribution is 5.76. The Morgan fingerprint density at radius 1 is 1.38 bits per heavy atom. The van der Waals surface area contributed by atoms with Gasteiger partial charge in [0.15, 0.2) is 6.29 Å². The van der Waals surface area contributed by atoms with Gasteiger partial charge >= 0.3 is 6.09 Å². The molecule has 0 atom stereocenters. The van der Waals surface area contributed by atoms with E-state index in [9.17, 15) is 14.0 Å². The molecule has 5 heteroatoms. The number of alkyl carbamates (subject to hydrolysis) is 1. The molecular formula is C16H20FNO3. The molecule has 0 saturated carbocycles. The van der Waals surface area contributed by atoms with E-state index < -0.39 is 17.5 Å². The number of aldehydes is 1. The van der Waals surface area contributed by atoms with Crippen molar-refractivity contribution in [2.45, 2.75) is 32.8 Å². The Bertz CT molecular complexity index is 533. The van der Waals surface area contributed by atoms with Crippen LogP contribution in [0.1, 0.15) is 43.1 Å². The summed E-state index contributed by atoms with van der Waals surface area (Å²) in [6.07, 6.45) is 4.23. The van der Waals surface area contributed by atoms with Crippen LogP contribution in [-0.4, -0.2) is 24.5 Å². The highest BCUT2D eigenvalue weighted by Crippen LogP contribution is 2.10. The summed E-state index contributed by atoms with van der Waals surface area (Å²) in [6, 6.07) is 4.31. The first-order valence-corrected chi connectivity index (χ1v) is 6.70. The second kappa shape index (κ2) is 7.57. The van der Waals surface area contributed by atoms with Crippen LogP contribution in [0.25, 0.3) is 6.08 Å². The molecule has 114 valence electrons. The number of carbonyl (C=O) groups is 2. The van der Waals surface area contributed by atoms with Gasteiger partial charge in [0.05, 0.1) is 5.56 Å². The molecule has 1 aromatic carbocycles. The van der Waals surface area contributed by atoms with Crippen molar-refractivity contribution in [3.8, 4) is 0 Å². The van der Waals surface area contributed by atoms with E-state index in [0.29, 0.717) is 19.3 Å². The van der Waals surface area contributed by atoms with Crippen LogP contribution in [-0.2, 0) is 4.74 Å². The summed E-state index contributed by atoms with van der Waals surface area (Å²) in [6.45, 7) is 5.83. The molecule has 0 unspecified atom stereocenters. The molecule has 0 radical (unpaired) electrons. The minimum Gasteiger partial charge on any atom is -0.444 e. The van der Waals surface area contributed by atoms with E-state index in [1.54, 1.807) is 32.9 Å². The fraction of sp³-hybridized carbons (Fsp3) is 0.375. The molecule has 0 aliphatic carbocycles. The smallest absolute Gasteiger partial charge is 0.407 e. The van der Waals surface area contributed by atoms with Crippen molar-refractivity contribution >= 4 is 18.5 Å². The first-order valence-electron chi connectivity index (χ1n) is 6.70. The molecule has 1 amide bonds. The van der Waals surface area contributed by atoms with Crippen molar-refractivity contribution in [3.05, 3.63) is 41.2 Å². The Kier molecular flexibility index (Phi) is 6.09. The number of ether oxygens (including phenoxy) is 1. The summed E-state index contributed by atoms with van der Waals surface area (Å²) in [5.74, 6) is -0.534. The summed E-state index contributed by atoms with van der Waals surface area (Å²) in [4.78, 5) is 22.0. The van der Waals surface area contributed by atoms with Gasteiger partial charge in [-0.25, -0.2) is 9.18 Å². The van der Waals surface area contributed by atoms with Crippen molar-refractivity contribution in [2.24, 2.45) is 0 Å². The predicted octanol–water partition coefficient (Wildman–Crippen LogP) is 3.57. The van der Waals surface area contributed by atoms with E-state index in [2.05, 4.69) is 5.32 Å². The highest BCUT2D eigenvalue weighted by atomic mass is 19.1. The van der Waals surface area contributed by atoms with Gasteiger partial charge in [0, 0.05) is 6.54 Å². The molecule has 0 heterocycles. The predicted molar refractivity (Wildman–Crippen MR) is 79.7 cm³/mol. The minimum absolute atomic E-state index is 0.0315. The fourth-order valence-corrected chi connectivity index (χ4v) is 1.55. The fourth-order valence-electron chi connectivity index (χ4n) is 1.55. The lowest BCUT2D eigenvalue weighted by molar-refractivity contribution is 0.0528. The second-order valence-corrected chi connectivity index (χ2v) is 5.52. The van der Waals surface area contributed by atoms with Gasteiger partial charge < -0.3 is 10.1 Å². The van der Waals surface area contributed by atoms with Gasteiger partial charge in [-0.15, -0.1) is 0 Å². The third-order valence-electron chi connectivity index (χ3n) is 2.44. The Morgan fingerprint density at radius 3 is 2.71 bits per heavy atom. The molecule has 4 nitrogen and oxygen atoms in total. The molecule has 0 bridgehead atoms. The number of rotatable bonds is 5. The summed E-state index contributed by atoms with van der Waals surface area (Å²) in [5.41, 5.74) is 0.249. The molecule has 0 aliphatic rings. The van der Waals surface area contributed by atoms with Gasteiger partial charge in [0.25, 0.3) is 0 Å². The average molecular weight is 293 g/mol. The van der Waals surface area contributed by atoms with Crippen LogP contribution in [0.3, 0.4) is 0 Å². The third kappa shape index (κ3) is 6.70. The zero-order valence-electron chi connectivity index (χ0n) is 12.5. The normalized spacial score (nSPS) is 11.4. The van der Waals surface area contributed by atoms with Gasteiger partial charge in [-0.1, -0.05) is 18.2 Å². The number of carbonyl (C=O) groups excluding carboxylic acids is 2. The first-order chi connectivity index (χ1) is 9.81. The Hall–Kier alpha value is -2.17. The Labute approximate surface area is 124 Å². The van der Waals surface area contributed by atoms with Crippen molar-refractivity contribution in [2.75, 3.05) is 6.54 Å². The van der Waals surface area contributed by atoms with E-state index >= 15 is 0 Å². The molecule has 1 rings (SSSR count). The van der Waals surface area contributed by atoms with Crippen LogP contribution in [0.2, 0.25) is 0 Å². The molecule has 0 spiro atoms. The van der Waals surface area contributed by atoms with Crippen LogP contribution in [0.5, 0.6) is 0 Å². The van der Waals surface area contributed by atoms with Crippen LogP contribution in [0.15, 0.2) is 24.3 Å². The number of benzene rings is 1. The van der Waals surface area contributed by atoms with E-state index in [0.717, 1.165) is 5.56 Å². The molecule has 0 saturated heterocycles. The van der Waals surface area contributed by atoms with Gasteiger partial charge in [0.1, 0.15) is 11.4 Å². The number of halogens is 1. The van der Waals surface area contributed by atoms with Crippen molar-refractivity contribution in [3.63, 3.8) is 0 Å². The van der Waals surface area contributed by atoms with Gasteiger partial charge in [-0.05, 0) is 44.9 Å². The molecule has 1 aromatic rings. The lowest BCUT2D eigenvalue weighted by atomic mass is 10.1. The Balaban J connectivity index is 2.39. The largest absolute Gasteiger partial charge is 0.444 e. The van der Waals surface area contributed by atoms with E-state index in [1.807, 2.05) is 6.08 Å². The highest BCUT2D eigenvalue weighted by Gasteiger charge is 2.15. The van der Waals surface area contributed by atoms with Gasteiger partial charge in [0.2, 0.25) is 0 Å². The SMILES string of the molecule is CC(C)(C)OC(=O)NCCC=Cc1ccc(F)c(C=O)c1. The molecule has 0 aromatic heterocycles. The summed E-state index contributed by atoms with van der Waals surface area (Å²) < 4.78 is 18.2. The molecule has 0 aliphatic heterocycles. The maximum Gasteiger partial charge on any atom is 0.407 e. The van der Waals surface area contributed by atoms with Crippen LogP contribution in [0, 0.1) is 5.82 Å². The quantitative estimate of drug-likeness (QED) is 0.667. The lowest BCUT2D eigenvalue weighted by Crippen LogP contribution is -2.32. The third-order valence-corrected chi connectivity index (χ3v) is 2.44. The van der Waals surface area contributed by atoms with E-state index in [4.69, 9.17) is 4.74 Å². The average Bonchev–Trinajstić information content (AvgIpc) is 2.38. The standard InChI is InChI=1S/C16H20FNO3/c1-16(2,3)21-15(20)18-9-5-4-6-12-7-8-14(17)13(10-12)11-19/h4,6-8,10-11H,5,9H2,1-3H3,(H,18,20). The van der Waals surface area contributed by atoms with Crippen molar-refractivity contribution in [1.29, 1.82) is 0 Å². The van der Waals surface area contributed by atoms with Crippen LogP contribution < -0.4 is 5.32 Å². The Morgan fingerprint density at radius 2 is 2.10 bits per heavy atom. The monoisotopic (exact) mass is 293 g/mol. The molecular weight excluding hydrogens is 273 g/mol. The maximum absolute atomic E-state index is 13.1. The summed E-state index contributed by atoms with van der Waals surface area (Å²) in [5, 5.41) is 2.63. The molecule has 21 heavy (non-hydrogen) atoms. The number of nitrogens with one attached hydrogen (secondary N) is 1. The maximum atomic E-state index is 13.1. The number of hydrogen-bond donors (Lipinski definition) is 1. The van der Waals surface area contributed by atoms with Gasteiger partial charge in [-0.3, -0.25) is 4.79 Å². The van der Waals surface area contributed by atoms with Crippen molar-refractivity contribution < 1.29 is 18.7 Å². The lowest BCUT2D eigenvalue weighted by Gasteiger charge is -2.19. The molecule has 0 fully saturated rings. The first kappa shape index (κ1) is 16.9. The molecule has 1 N–H and O–H groups in total. The number of hydrogen-bond acceptors (Lipinski definition) is 3. The zero-order chi connectivity index (χ0) is 15.9. The van der Waals surface area contributed by atoms with E-state index in [1.165, 1.54) is 12.1 Å².